The van der Waals surface area contributed by atoms with E-state index >= 15 is 0 Å². The van der Waals surface area contributed by atoms with E-state index in [2.05, 4.69) is 17.6 Å². The molecule has 0 aliphatic heterocycles. The zero-order valence-electron chi connectivity index (χ0n) is 13.9. The first-order valence-corrected chi connectivity index (χ1v) is 8.41. The zero-order chi connectivity index (χ0) is 17.5. The van der Waals surface area contributed by atoms with Gasteiger partial charge >= 0.3 is 0 Å². The van der Waals surface area contributed by atoms with E-state index in [0.29, 0.717) is 21.6 Å². The van der Waals surface area contributed by atoms with E-state index in [1.165, 1.54) is 0 Å². The lowest BCUT2D eigenvalue weighted by Gasteiger charge is -2.21. The lowest BCUT2D eigenvalue weighted by atomic mass is 10.0. The van der Waals surface area contributed by atoms with Gasteiger partial charge < -0.3 is 20.1 Å². The molecule has 128 valence electrons. The molecule has 2 rings (SSSR count). The maximum Gasteiger partial charge on any atom is 0.171 e. The summed E-state index contributed by atoms with van der Waals surface area (Å²) in [6.45, 7) is 2.09. The van der Waals surface area contributed by atoms with Crippen LogP contribution in [0.5, 0.6) is 11.5 Å². The smallest absolute Gasteiger partial charge is 0.171 e. The summed E-state index contributed by atoms with van der Waals surface area (Å²) in [5, 5.41) is 7.67. The molecule has 0 spiro atoms. The average molecular weight is 365 g/mol. The molecule has 0 heterocycles. The summed E-state index contributed by atoms with van der Waals surface area (Å²) < 4.78 is 10.6. The second kappa shape index (κ2) is 8.76. The van der Waals surface area contributed by atoms with Gasteiger partial charge in [-0.15, -0.1) is 0 Å². The van der Waals surface area contributed by atoms with Crippen molar-refractivity contribution < 1.29 is 9.47 Å². The highest BCUT2D eigenvalue weighted by Crippen LogP contribution is 2.30. The number of thiocarbonyl (C=S) groups is 1. The molecule has 0 bridgehead atoms. The summed E-state index contributed by atoms with van der Waals surface area (Å²) >= 11 is 11.4. The van der Waals surface area contributed by atoms with E-state index in [9.17, 15) is 0 Å². The first-order valence-electron chi connectivity index (χ1n) is 7.62. The molecular formula is C18H21ClN2O2S. The topological polar surface area (TPSA) is 42.5 Å². The summed E-state index contributed by atoms with van der Waals surface area (Å²) in [7, 11) is 3.25. The average Bonchev–Trinajstić information content (AvgIpc) is 2.59. The maximum absolute atomic E-state index is 5.99. The monoisotopic (exact) mass is 364 g/mol. The summed E-state index contributed by atoms with van der Waals surface area (Å²) in [4.78, 5) is 0. The van der Waals surface area contributed by atoms with E-state index in [1.54, 1.807) is 14.2 Å². The van der Waals surface area contributed by atoms with Crippen LogP contribution in [-0.4, -0.2) is 19.3 Å². The molecule has 0 unspecified atom stereocenters. The van der Waals surface area contributed by atoms with Crippen LogP contribution in [0.3, 0.4) is 0 Å². The molecule has 0 amide bonds. The van der Waals surface area contributed by atoms with Crippen LogP contribution in [0.4, 0.5) is 5.69 Å². The number of nitrogens with one attached hydrogen (secondary N) is 2. The largest absolute Gasteiger partial charge is 0.493 e. The predicted octanol–water partition coefficient (Wildman–Crippen LogP) is 4.79. The van der Waals surface area contributed by atoms with Gasteiger partial charge in [0.05, 0.1) is 20.3 Å². The van der Waals surface area contributed by atoms with Gasteiger partial charge in [-0.3, -0.25) is 0 Å². The molecule has 0 aromatic heterocycles. The molecule has 0 saturated carbocycles. The molecule has 0 aliphatic carbocycles. The molecule has 0 aliphatic rings. The van der Waals surface area contributed by atoms with Crippen molar-refractivity contribution in [3.63, 3.8) is 0 Å². The molecule has 2 aromatic carbocycles. The normalized spacial score (nSPS) is 11.5. The maximum atomic E-state index is 5.99. The van der Waals surface area contributed by atoms with E-state index in [1.807, 2.05) is 42.5 Å². The van der Waals surface area contributed by atoms with E-state index < -0.39 is 0 Å². The van der Waals surface area contributed by atoms with Crippen molar-refractivity contribution in [2.75, 3.05) is 19.5 Å². The van der Waals surface area contributed by atoms with Gasteiger partial charge in [0.1, 0.15) is 0 Å². The van der Waals surface area contributed by atoms with Crippen LogP contribution < -0.4 is 20.1 Å². The van der Waals surface area contributed by atoms with Crippen LogP contribution in [0.15, 0.2) is 42.5 Å². The van der Waals surface area contributed by atoms with Crippen molar-refractivity contribution in [2.24, 2.45) is 0 Å². The standard InChI is InChI=1S/C18H21ClN2O2S/c1-4-15(12-8-9-16(22-2)17(10-12)23-3)21-18(24)20-14-7-5-6-13(19)11-14/h5-11,15H,4H2,1-3H3,(H2,20,21,24)/t15-/m1/s1. The number of hydrogen-bond donors (Lipinski definition) is 2. The van der Waals surface area contributed by atoms with Crippen molar-refractivity contribution in [3.05, 3.63) is 53.1 Å². The number of hydrogen-bond acceptors (Lipinski definition) is 3. The Balaban J connectivity index is 2.09. The highest BCUT2D eigenvalue weighted by Gasteiger charge is 2.14. The Morgan fingerprint density at radius 1 is 1.12 bits per heavy atom. The van der Waals surface area contributed by atoms with Crippen LogP contribution in [0.1, 0.15) is 24.9 Å². The van der Waals surface area contributed by atoms with Crippen molar-refractivity contribution in [3.8, 4) is 11.5 Å². The molecule has 6 heteroatoms. The highest BCUT2D eigenvalue weighted by atomic mass is 35.5. The van der Waals surface area contributed by atoms with Crippen molar-refractivity contribution in [1.82, 2.24) is 5.32 Å². The molecule has 2 aromatic rings. The summed E-state index contributed by atoms with van der Waals surface area (Å²) in [5.74, 6) is 1.40. The van der Waals surface area contributed by atoms with Crippen molar-refractivity contribution in [1.29, 1.82) is 0 Å². The number of ether oxygens (including phenoxy) is 2. The second-order valence-corrected chi connectivity index (χ2v) is 6.03. The van der Waals surface area contributed by atoms with Gasteiger partial charge in [-0.2, -0.15) is 0 Å². The number of methoxy groups -OCH3 is 2. The van der Waals surface area contributed by atoms with Gasteiger partial charge in [0.2, 0.25) is 0 Å². The van der Waals surface area contributed by atoms with E-state index in [0.717, 1.165) is 17.7 Å². The Morgan fingerprint density at radius 3 is 2.50 bits per heavy atom. The van der Waals surface area contributed by atoms with Gasteiger partial charge in [0.15, 0.2) is 16.6 Å². The zero-order valence-corrected chi connectivity index (χ0v) is 15.5. The minimum absolute atomic E-state index is 0.0593. The SMILES string of the molecule is CC[C@@H](NC(=S)Nc1cccc(Cl)c1)c1ccc(OC)c(OC)c1. The van der Waals surface area contributed by atoms with Crippen LogP contribution in [0, 0.1) is 0 Å². The lowest BCUT2D eigenvalue weighted by Crippen LogP contribution is -2.32. The van der Waals surface area contributed by atoms with Crippen LogP contribution in [0.25, 0.3) is 0 Å². The van der Waals surface area contributed by atoms with Gasteiger partial charge in [-0.25, -0.2) is 0 Å². The number of halogens is 1. The Bertz CT molecular complexity index is 709. The van der Waals surface area contributed by atoms with Crippen molar-refractivity contribution in [2.45, 2.75) is 19.4 Å². The third-order valence-corrected chi connectivity index (χ3v) is 4.06. The fourth-order valence-corrected chi connectivity index (χ4v) is 2.83. The summed E-state index contributed by atoms with van der Waals surface area (Å²) in [6, 6.07) is 13.4. The predicted molar refractivity (Wildman–Crippen MR) is 103 cm³/mol. The molecule has 1 atom stereocenters. The molecule has 0 radical (unpaired) electrons. The molecule has 24 heavy (non-hydrogen) atoms. The number of anilines is 1. The summed E-state index contributed by atoms with van der Waals surface area (Å²) in [6.07, 6.45) is 0.868. The van der Waals surface area contributed by atoms with Gasteiger partial charge in [-0.1, -0.05) is 30.7 Å². The minimum Gasteiger partial charge on any atom is -0.493 e. The number of benzene rings is 2. The van der Waals surface area contributed by atoms with Crippen LogP contribution >= 0.6 is 23.8 Å². The fourth-order valence-electron chi connectivity index (χ4n) is 2.38. The Labute approximate surface area is 153 Å². The minimum atomic E-state index is 0.0593. The first kappa shape index (κ1) is 18.4. The highest BCUT2D eigenvalue weighted by molar-refractivity contribution is 7.80. The first-order chi connectivity index (χ1) is 11.6. The molecular weight excluding hydrogens is 344 g/mol. The Morgan fingerprint density at radius 2 is 1.88 bits per heavy atom. The van der Waals surface area contributed by atoms with E-state index in [-0.39, 0.29) is 6.04 Å². The second-order valence-electron chi connectivity index (χ2n) is 5.18. The number of rotatable bonds is 6. The van der Waals surface area contributed by atoms with E-state index in [4.69, 9.17) is 33.3 Å². The van der Waals surface area contributed by atoms with Gasteiger partial charge in [0.25, 0.3) is 0 Å². The summed E-state index contributed by atoms with van der Waals surface area (Å²) in [5.41, 5.74) is 1.92. The van der Waals surface area contributed by atoms with Gasteiger partial charge in [0, 0.05) is 10.7 Å². The molecule has 2 N–H and O–H groups in total. The molecule has 0 fully saturated rings. The third kappa shape index (κ3) is 4.76. The van der Waals surface area contributed by atoms with Crippen LogP contribution in [-0.2, 0) is 0 Å². The quantitative estimate of drug-likeness (QED) is 0.721. The molecule has 4 nitrogen and oxygen atoms in total. The fraction of sp³-hybridized carbons (Fsp3) is 0.278. The van der Waals surface area contributed by atoms with Crippen molar-refractivity contribution >= 4 is 34.6 Å². The Hall–Kier alpha value is -1.98. The lowest BCUT2D eigenvalue weighted by molar-refractivity contribution is 0.354. The Kier molecular flexibility index (Phi) is 6.70. The molecule has 0 saturated heterocycles. The van der Waals surface area contributed by atoms with Crippen LogP contribution in [0.2, 0.25) is 5.02 Å². The van der Waals surface area contributed by atoms with Gasteiger partial charge in [-0.05, 0) is 54.5 Å². The third-order valence-electron chi connectivity index (χ3n) is 3.61.